The predicted molar refractivity (Wildman–Crippen MR) is 93.6 cm³/mol. The van der Waals surface area contributed by atoms with Gasteiger partial charge in [0.25, 0.3) is 0 Å². The maximum absolute atomic E-state index is 12.1. The molecule has 0 bridgehead atoms. The quantitative estimate of drug-likeness (QED) is 0.863. The minimum absolute atomic E-state index is 0.160. The van der Waals surface area contributed by atoms with E-state index in [2.05, 4.69) is 24.1 Å². The Kier molecular flexibility index (Phi) is 6.32. The van der Waals surface area contributed by atoms with Crippen LogP contribution in [-0.4, -0.2) is 66.3 Å². The Hall–Kier alpha value is -0.810. The van der Waals surface area contributed by atoms with E-state index in [9.17, 15) is 4.79 Å². The van der Waals surface area contributed by atoms with E-state index in [1.54, 1.807) is 0 Å². The molecule has 0 aromatic heterocycles. The molecule has 2 aliphatic heterocycles. The van der Waals surface area contributed by atoms with Crippen LogP contribution in [0.3, 0.4) is 0 Å². The summed E-state index contributed by atoms with van der Waals surface area (Å²) in [6.45, 7) is 15.4. The molecule has 1 unspecified atom stereocenters. The summed E-state index contributed by atoms with van der Waals surface area (Å²) >= 11 is 0. The van der Waals surface area contributed by atoms with Crippen LogP contribution in [-0.2, 0) is 4.74 Å². The molecule has 0 spiro atoms. The van der Waals surface area contributed by atoms with Gasteiger partial charge in [-0.15, -0.1) is 0 Å². The van der Waals surface area contributed by atoms with Gasteiger partial charge in [0.05, 0.1) is 0 Å². The van der Waals surface area contributed by atoms with Gasteiger partial charge >= 0.3 is 6.09 Å². The zero-order valence-corrected chi connectivity index (χ0v) is 15.6. The van der Waals surface area contributed by atoms with E-state index in [4.69, 9.17) is 4.74 Å². The topological polar surface area (TPSA) is 44.8 Å². The van der Waals surface area contributed by atoms with E-state index in [0.717, 1.165) is 32.5 Å². The van der Waals surface area contributed by atoms with Crippen LogP contribution in [0.5, 0.6) is 0 Å². The molecular formula is C18H35N3O2. The number of likely N-dealkylation sites (tertiary alicyclic amines) is 2. The van der Waals surface area contributed by atoms with Gasteiger partial charge in [-0.1, -0.05) is 0 Å². The van der Waals surface area contributed by atoms with Crippen molar-refractivity contribution in [2.24, 2.45) is 5.92 Å². The zero-order valence-electron chi connectivity index (χ0n) is 15.6. The van der Waals surface area contributed by atoms with Crippen molar-refractivity contribution in [1.82, 2.24) is 15.1 Å². The molecule has 0 radical (unpaired) electrons. The number of nitrogens with one attached hydrogen (secondary N) is 1. The molecule has 0 aromatic rings. The van der Waals surface area contributed by atoms with Crippen molar-refractivity contribution >= 4 is 6.09 Å². The molecule has 0 aromatic carbocycles. The van der Waals surface area contributed by atoms with Gasteiger partial charge in [0.15, 0.2) is 0 Å². The summed E-state index contributed by atoms with van der Waals surface area (Å²) < 4.78 is 5.45. The molecule has 0 aliphatic carbocycles. The SMILES string of the molecule is CC(C)N1CCC(NCC2CCN(C(=O)OC(C)(C)C)CC2)C1. The molecule has 0 saturated carbocycles. The summed E-state index contributed by atoms with van der Waals surface area (Å²) in [6, 6.07) is 1.29. The Labute approximate surface area is 141 Å². The number of rotatable bonds is 4. The van der Waals surface area contributed by atoms with E-state index in [1.165, 1.54) is 19.5 Å². The highest BCUT2D eigenvalue weighted by Gasteiger charge is 2.28. The van der Waals surface area contributed by atoms with Gasteiger partial charge in [-0.3, -0.25) is 4.90 Å². The number of ether oxygens (including phenoxy) is 1. The predicted octanol–water partition coefficient (Wildman–Crippen LogP) is 2.71. The molecule has 1 amide bonds. The van der Waals surface area contributed by atoms with Crippen LogP contribution in [0.2, 0.25) is 0 Å². The lowest BCUT2D eigenvalue weighted by Gasteiger charge is -2.34. The van der Waals surface area contributed by atoms with Crippen molar-refractivity contribution < 1.29 is 9.53 Å². The molecule has 2 saturated heterocycles. The van der Waals surface area contributed by atoms with Crippen molar-refractivity contribution in [3.05, 3.63) is 0 Å². The summed E-state index contributed by atoms with van der Waals surface area (Å²) in [5.41, 5.74) is -0.403. The van der Waals surface area contributed by atoms with Crippen LogP contribution in [0.15, 0.2) is 0 Å². The van der Waals surface area contributed by atoms with Crippen molar-refractivity contribution in [2.75, 3.05) is 32.7 Å². The Morgan fingerprint density at radius 2 is 1.83 bits per heavy atom. The van der Waals surface area contributed by atoms with Gasteiger partial charge in [-0.25, -0.2) is 4.79 Å². The average molecular weight is 325 g/mol. The number of piperidine rings is 1. The van der Waals surface area contributed by atoms with Crippen molar-refractivity contribution in [2.45, 2.75) is 71.6 Å². The van der Waals surface area contributed by atoms with Crippen LogP contribution >= 0.6 is 0 Å². The van der Waals surface area contributed by atoms with Gasteiger partial charge in [0, 0.05) is 31.7 Å². The van der Waals surface area contributed by atoms with E-state index in [0.29, 0.717) is 18.0 Å². The second kappa shape index (κ2) is 7.84. The highest BCUT2D eigenvalue weighted by Crippen LogP contribution is 2.20. The molecule has 2 rings (SSSR count). The van der Waals surface area contributed by atoms with Gasteiger partial charge in [0.1, 0.15) is 5.60 Å². The van der Waals surface area contributed by atoms with E-state index in [-0.39, 0.29) is 6.09 Å². The van der Waals surface area contributed by atoms with Gasteiger partial charge in [-0.2, -0.15) is 0 Å². The first-order valence-corrected chi connectivity index (χ1v) is 9.20. The van der Waals surface area contributed by atoms with E-state index < -0.39 is 5.60 Å². The monoisotopic (exact) mass is 325 g/mol. The molecule has 23 heavy (non-hydrogen) atoms. The fraction of sp³-hybridized carbons (Fsp3) is 0.944. The Bertz CT molecular complexity index is 384. The normalized spacial score (nSPS) is 24.4. The smallest absolute Gasteiger partial charge is 0.410 e. The number of hydrogen-bond acceptors (Lipinski definition) is 4. The molecule has 5 heteroatoms. The van der Waals surface area contributed by atoms with Gasteiger partial charge < -0.3 is 15.0 Å². The maximum Gasteiger partial charge on any atom is 0.410 e. The molecule has 2 aliphatic rings. The largest absolute Gasteiger partial charge is 0.444 e. The van der Waals surface area contributed by atoms with Crippen molar-refractivity contribution in [1.29, 1.82) is 0 Å². The van der Waals surface area contributed by atoms with Gasteiger partial charge in [0.2, 0.25) is 0 Å². The molecular weight excluding hydrogens is 290 g/mol. The lowest BCUT2D eigenvalue weighted by Crippen LogP contribution is -2.44. The minimum atomic E-state index is -0.403. The number of hydrogen-bond donors (Lipinski definition) is 1. The standard InChI is InChI=1S/C18H35N3O2/c1-14(2)21-11-8-16(13-21)19-12-15-6-9-20(10-7-15)17(22)23-18(3,4)5/h14-16,19H,6-13H2,1-5H3. The van der Waals surface area contributed by atoms with Crippen molar-refractivity contribution in [3.63, 3.8) is 0 Å². The van der Waals surface area contributed by atoms with Crippen LogP contribution in [0, 0.1) is 5.92 Å². The fourth-order valence-corrected chi connectivity index (χ4v) is 3.40. The second-order valence-electron chi connectivity index (χ2n) is 8.39. The zero-order chi connectivity index (χ0) is 17.0. The van der Waals surface area contributed by atoms with E-state index >= 15 is 0 Å². The van der Waals surface area contributed by atoms with Crippen molar-refractivity contribution in [3.8, 4) is 0 Å². The number of carbonyl (C=O) groups is 1. The Morgan fingerprint density at radius 3 is 2.35 bits per heavy atom. The van der Waals surface area contributed by atoms with E-state index in [1.807, 2.05) is 25.7 Å². The van der Waals surface area contributed by atoms with Gasteiger partial charge in [-0.05, 0) is 72.9 Å². The highest BCUT2D eigenvalue weighted by molar-refractivity contribution is 5.68. The highest BCUT2D eigenvalue weighted by atomic mass is 16.6. The Morgan fingerprint density at radius 1 is 1.17 bits per heavy atom. The average Bonchev–Trinajstić information content (AvgIpc) is 2.93. The maximum atomic E-state index is 12.1. The number of amides is 1. The first-order chi connectivity index (χ1) is 10.7. The summed E-state index contributed by atoms with van der Waals surface area (Å²) in [5.74, 6) is 0.682. The lowest BCUT2D eigenvalue weighted by molar-refractivity contribution is 0.0183. The first kappa shape index (κ1) is 18.5. The third-order valence-corrected chi connectivity index (χ3v) is 4.91. The molecule has 2 heterocycles. The number of carbonyl (C=O) groups excluding carboxylic acids is 1. The van der Waals surface area contributed by atoms with Crippen LogP contribution in [0.1, 0.15) is 53.9 Å². The first-order valence-electron chi connectivity index (χ1n) is 9.20. The third-order valence-electron chi connectivity index (χ3n) is 4.91. The Balaban J connectivity index is 1.64. The summed E-state index contributed by atoms with van der Waals surface area (Å²) in [4.78, 5) is 16.5. The number of nitrogens with zero attached hydrogens (tertiary/aromatic N) is 2. The fourth-order valence-electron chi connectivity index (χ4n) is 3.40. The molecule has 2 fully saturated rings. The minimum Gasteiger partial charge on any atom is -0.444 e. The summed E-state index contributed by atoms with van der Waals surface area (Å²) in [7, 11) is 0. The molecule has 1 N–H and O–H groups in total. The molecule has 134 valence electrons. The van der Waals surface area contributed by atoms with Crippen LogP contribution < -0.4 is 5.32 Å². The lowest BCUT2D eigenvalue weighted by atomic mass is 9.96. The second-order valence-corrected chi connectivity index (χ2v) is 8.39. The van der Waals surface area contributed by atoms with Crippen LogP contribution in [0.25, 0.3) is 0 Å². The summed E-state index contributed by atoms with van der Waals surface area (Å²) in [5, 5.41) is 3.74. The molecule has 1 atom stereocenters. The van der Waals surface area contributed by atoms with Crippen LogP contribution in [0.4, 0.5) is 4.79 Å². The molecule has 5 nitrogen and oxygen atoms in total. The third kappa shape index (κ3) is 5.96. The summed E-state index contributed by atoms with van der Waals surface area (Å²) in [6.07, 6.45) is 3.25.